The predicted molar refractivity (Wildman–Crippen MR) is 86.2 cm³/mol. The molecule has 2 atom stereocenters. The van der Waals surface area contributed by atoms with Crippen LogP contribution in [0, 0.1) is 0 Å². The number of nitrogens with two attached hydrogens (primary N) is 1. The van der Waals surface area contributed by atoms with Gasteiger partial charge in [-0.05, 0) is 37.5 Å². The van der Waals surface area contributed by atoms with Crippen molar-refractivity contribution in [2.24, 2.45) is 5.73 Å². The van der Waals surface area contributed by atoms with Crippen molar-refractivity contribution in [2.45, 2.75) is 51.0 Å². The van der Waals surface area contributed by atoms with Crippen LogP contribution in [0.1, 0.15) is 37.3 Å². The Bertz CT molecular complexity index is 543. The highest BCUT2D eigenvalue weighted by Crippen LogP contribution is 2.29. The average Bonchev–Trinajstić information content (AvgIpc) is 2.92. The van der Waals surface area contributed by atoms with Crippen LogP contribution in [0.5, 0.6) is 0 Å². The van der Waals surface area contributed by atoms with Crippen molar-refractivity contribution in [3.8, 4) is 0 Å². The zero-order valence-electron chi connectivity index (χ0n) is 13.8. The molecule has 0 spiro atoms. The fraction of sp³-hybridized carbons (Fsp3) is 0.588. The number of hydrogen-bond acceptors (Lipinski definition) is 3. The molecule has 3 N–H and O–H groups in total. The minimum Gasteiger partial charge on any atom is -0.352 e. The molecule has 1 aromatic rings. The maximum absolute atomic E-state index is 12.6. The first-order chi connectivity index (χ1) is 11.2. The van der Waals surface area contributed by atoms with Crippen LogP contribution in [0.25, 0.3) is 0 Å². The Balaban J connectivity index is 1.78. The van der Waals surface area contributed by atoms with Gasteiger partial charge in [-0.15, -0.1) is 0 Å². The molecule has 0 aromatic heterocycles. The van der Waals surface area contributed by atoms with E-state index in [2.05, 4.69) is 10.2 Å². The molecular formula is C17H24F3N3O. The van der Waals surface area contributed by atoms with Crippen molar-refractivity contribution in [3.63, 3.8) is 0 Å². The second-order valence-electron chi connectivity index (χ2n) is 6.50. The van der Waals surface area contributed by atoms with Crippen molar-refractivity contribution >= 4 is 5.91 Å². The molecule has 7 heteroatoms. The third kappa shape index (κ3) is 5.79. The molecule has 4 nitrogen and oxygen atoms in total. The molecule has 1 aliphatic rings. The lowest BCUT2D eigenvalue weighted by Crippen LogP contribution is -2.37. The van der Waals surface area contributed by atoms with Crippen molar-refractivity contribution in [3.05, 3.63) is 35.4 Å². The first-order valence-electron chi connectivity index (χ1n) is 8.17. The van der Waals surface area contributed by atoms with Gasteiger partial charge in [0.25, 0.3) is 0 Å². The van der Waals surface area contributed by atoms with E-state index in [0.29, 0.717) is 25.9 Å². The Kier molecular flexibility index (Phi) is 6.23. The highest BCUT2D eigenvalue weighted by Gasteiger charge is 2.30. The van der Waals surface area contributed by atoms with Gasteiger partial charge in [-0.3, -0.25) is 9.69 Å². The molecule has 0 bridgehead atoms. The number of benzene rings is 1. The molecule has 0 radical (unpaired) electrons. The molecular weight excluding hydrogens is 319 g/mol. The number of nitrogens with one attached hydrogen (secondary N) is 1. The van der Waals surface area contributed by atoms with Crippen molar-refractivity contribution in [2.75, 3.05) is 13.1 Å². The van der Waals surface area contributed by atoms with Crippen LogP contribution in [0.15, 0.2) is 24.3 Å². The molecule has 0 saturated carbocycles. The van der Waals surface area contributed by atoms with Crippen LogP contribution >= 0.6 is 0 Å². The number of nitrogens with zero attached hydrogens (tertiary/aromatic N) is 1. The molecule has 24 heavy (non-hydrogen) atoms. The number of hydrogen-bond donors (Lipinski definition) is 2. The summed E-state index contributed by atoms with van der Waals surface area (Å²) in [5, 5.41) is 2.99. The summed E-state index contributed by atoms with van der Waals surface area (Å²) < 4.78 is 37.7. The normalized spacial score (nSPS) is 20.1. The Hall–Kier alpha value is -1.60. The van der Waals surface area contributed by atoms with Gasteiger partial charge in [0.2, 0.25) is 5.91 Å². The summed E-state index contributed by atoms with van der Waals surface area (Å²) in [7, 11) is 0. The molecule has 1 fully saturated rings. The molecule has 2 unspecified atom stereocenters. The number of likely N-dealkylation sites (tertiary alicyclic amines) is 1. The summed E-state index contributed by atoms with van der Waals surface area (Å²) in [6.07, 6.45) is -2.37. The van der Waals surface area contributed by atoms with Gasteiger partial charge in [-0.2, -0.15) is 13.2 Å². The Morgan fingerprint density at radius 2 is 2.04 bits per heavy atom. The summed E-state index contributed by atoms with van der Waals surface area (Å²) >= 11 is 0. The van der Waals surface area contributed by atoms with Crippen molar-refractivity contribution < 1.29 is 18.0 Å². The van der Waals surface area contributed by atoms with E-state index in [9.17, 15) is 18.0 Å². The van der Waals surface area contributed by atoms with Crippen LogP contribution in [0.2, 0.25) is 0 Å². The van der Waals surface area contributed by atoms with E-state index in [1.54, 1.807) is 0 Å². The van der Waals surface area contributed by atoms with Gasteiger partial charge >= 0.3 is 6.18 Å². The quantitative estimate of drug-likeness (QED) is 0.834. The van der Waals surface area contributed by atoms with Gasteiger partial charge in [0.15, 0.2) is 0 Å². The molecule has 0 aliphatic carbocycles. The number of carbonyl (C=O) groups excluding carboxylic acids is 1. The zero-order valence-corrected chi connectivity index (χ0v) is 13.8. The summed E-state index contributed by atoms with van der Waals surface area (Å²) in [4.78, 5) is 13.9. The SMILES string of the molecule is CC(N)CCC(=O)NC1CCN(Cc2ccc(C(F)(F)F)cc2)C1. The lowest BCUT2D eigenvalue weighted by atomic mass is 10.1. The number of carbonyl (C=O) groups is 1. The highest BCUT2D eigenvalue weighted by molar-refractivity contribution is 5.76. The Morgan fingerprint density at radius 3 is 2.62 bits per heavy atom. The fourth-order valence-electron chi connectivity index (χ4n) is 2.81. The van der Waals surface area contributed by atoms with Crippen LogP contribution in [0.4, 0.5) is 13.2 Å². The molecule has 1 aromatic carbocycles. The number of halogens is 3. The third-order valence-electron chi connectivity index (χ3n) is 4.15. The maximum Gasteiger partial charge on any atom is 0.416 e. The van der Waals surface area contributed by atoms with Gasteiger partial charge < -0.3 is 11.1 Å². The van der Waals surface area contributed by atoms with E-state index in [1.807, 2.05) is 6.92 Å². The summed E-state index contributed by atoms with van der Waals surface area (Å²) in [6.45, 7) is 3.99. The molecule has 2 rings (SSSR count). The lowest BCUT2D eigenvalue weighted by Gasteiger charge is -2.17. The van der Waals surface area contributed by atoms with Crippen LogP contribution in [-0.4, -0.2) is 36.0 Å². The van der Waals surface area contributed by atoms with Gasteiger partial charge in [-0.25, -0.2) is 0 Å². The maximum atomic E-state index is 12.6. The van der Waals surface area contributed by atoms with Gasteiger partial charge in [0.05, 0.1) is 5.56 Å². The standard InChI is InChI=1S/C17H24F3N3O/c1-12(21)2-7-16(24)22-15-8-9-23(11-15)10-13-3-5-14(6-4-13)17(18,19)20/h3-6,12,15H,2,7-11,21H2,1H3,(H,22,24). The van der Waals surface area contributed by atoms with E-state index >= 15 is 0 Å². The van der Waals surface area contributed by atoms with Crippen LogP contribution in [0.3, 0.4) is 0 Å². The average molecular weight is 343 g/mol. The fourth-order valence-corrected chi connectivity index (χ4v) is 2.81. The van der Waals surface area contributed by atoms with Crippen molar-refractivity contribution in [1.29, 1.82) is 0 Å². The Morgan fingerprint density at radius 1 is 1.38 bits per heavy atom. The molecule has 134 valence electrons. The Labute approximate surface area is 140 Å². The van der Waals surface area contributed by atoms with E-state index in [4.69, 9.17) is 5.73 Å². The minimum absolute atomic E-state index is 0.00804. The van der Waals surface area contributed by atoms with Gasteiger partial charge in [0.1, 0.15) is 0 Å². The van der Waals surface area contributed by atoms with E-state index in [1.165, 1.54) is 12.1 Å². The van der Waals surface area contributed by atoms with Crippen LogP contribution in [-0.2, 0) is 17.5 Å². The second kappa shape index (κ2) is 7.98. The van der Waals surface area contributed by atoms with Gasteiger partial charge in [0, 0.05) is 38.1 Å². The summed E-state index contributed by atoms with van der Waals surface area (Å²) in [5.74, 6) is 0.00804. The number of alkyl halides is 3. The number of rotatable bonds is 6. The monoisotopic (exact) mass is 343 g/mol. The van der Waals surface area contributed by atoms with Crippen molar-refractivity contribution in [1.82, 2.24) is 10.2 Å². The molecule has 1 amide bonds. The predicted octanol–water partition coefficient (Wildman–Crippen LogP) is 2.52. The molecule has 1 heterocycles. The first kappa shape index (κ1) is 18.7. The van der Waals surface area contributed by atoms with Gasteiger partial charge in [-0.1, -0.05) is 12.1 Å². The minimum atomic E-state index is -4.30. The smallest absolute Gasteiger partial charge is 0.352 e. The second-order valence-corrected chi connectivity index (χ2v) is 6.50. The van der Waals surface area contributed by atoms with Crippen LogP contribution < -0.4 is 11.1 Å². The molecule has 1 saturated heterocycles. The topological polar surface area (TPSA) is 58.4 Å². The largest absolute Gasteiger partial charge is 0.416 e. The summed E-state index contributed by atoms with van der Waals surface area (Å²) in [6, 6.07) is 5.35. The zero-order chi connectivity index (χ0) is 17.7. The first-order valence-corrected chi connectivity index (χ1v) is 8.17. The van der Waals surface area contributed by atoms with E-state index < -0.39 is 11.7 Å². The van der Waals surface area contributed by atoms with E-state index in [0.717, 1.165) is 30.7 Å². The van der Waals surface area contributed by atoms with E-state index in [-0.39, 0.29) is 18.0 Å². The lowest BCUT2D eigenvalue weighted by molar-refractivity contribution is -0.137. The third-order valence-corrected chi connectivity index (χ3v) is 4.15. The molecule has 1 aliphatic heterocycles. The highest BCUT2D eigenvalue weighted by atomic mass is 19.4. The summed E-state index contributed by atoms with van der Waals surface area (Å²) in [5.41, 5.74) is 5.84. The number of amides is 1.